The van der Waals surface area contributed by atoms with Gasteiger partial charge in [-0.1, -0.05) is 26.7 Å². The molecule has 1 aliphatic carbocycles. The van der Waals surface area contributed by atoms with E-state index >= 15 is 0 Å². The van der Waals surface area contributed by atoms with Crippen LogP contribution in [0.1, 0.15) is 40.0 Å². The summed E-state index contributed by atoms with van der Waals surface area (Å²) < 4.78 is 0. The normalized spacial score (nSPS) is 28.4. The second-order valence-electron chi connectivity index (χ2n) is 6.17. The van der Waals surface area contributed by atoms with E-state index in [1.54, 1.807) is 0 Å². The number of amides is 1. The minimum absolute atomic E-state index is 0.0998. The van der Waals surface area contributed by atoms with Crippen molar-refractivity contribution in [2.24, 2.45) is 34.2 Å². The van der Waals surface area contributed by atoms with Gasteiger partial charge in [-0.15, -0.1) is 0 Å². The quantitative estimate of drug-likeness (QED) is 0.318. The van der Waals surface area contributed by atoms with E-state index < -0.39 is 30.0 Å². The van der Waals surface area contributed by atoms with Gasteiger partial charge < -0.3 is 27.0 Å². The molecule has 132 valence electrons. The van der Waals surface area contributed by atoms with Gasteiger partial charge in [0.05, 0.1) is 18.1 Å². The number of hydrogen-bond acceptors (Lipinski definition) is 4. The summed E-state index contributed by atoms with van der Waals surface area (Å²) in [5, 5.41) is 22.7. The van der Waals surface area contributed by atoms with E-state index in [0.717, 1.165) is 12.8 Å². The Morgan fingerprint density at radius 3 is 2.26 bits per heavy atom. The van der Waals surface area contributed by atoms with E-state index in [1.165, 1.54) is 6.92 Å². The Morgan fingerprint density at radius 2 is 1.87 bits per heavy atom. The highest BCUT2D eigenvalue weighted by molar-refractivity contribution is 5.76. The van der Waals surface area contributed by atoms with Gasteiger partial charge in [0.1, 0.15) is 0 Å². The van der Waals surface area contributed by atoms with E-state index in [4.69, 9.17) is 11.5 Å². The van der Waals surface area contributed by atoms with E-state index in [2.05, 4.69) is 10.3 Å². The molecule has 8 heteroatoms. The molecule has 4 unspecified atom stereocenters. The number of carboxylic acid groups (broad SMARTS) is 1. The lowest BCUT2D eigenvalue weighted by Gasteiger charge is -2.35. The maximum absolute atomic E-state index is 11.6. The molecule has 5 atom stereocenters. The number of nitrogens with two attached hydrogens (primary N) is 2. The molecule has 0 aromatic carbocycles. The van der Waals surface area contributed by atoms with Crippen LogP contribution >= 0.6 is 0 Å². The fourth-order valence-electron chi connectivity index (χ4n) is 3.64. The zero-order valence-corrected chi connectivity index (χ0v) is 13.9. The third-order valence-electron chi connectivity index (χ3n) is 4.72. The van der Waals surface area contributed by atoms with Crippen molar-refractivity contribution in [1.82, 2.24) is 5.32 Å². The van der Waals surface area contributed by atoms with Crippen LogP contribution in [0.3, 0.4) is 0 Å². The SMILES string of the molecule is CCC(CC)C(NC(C)=O)C1C(N=C(N)N)C[C@@H](C(=O)O)C1O. The van der Waals surface area contributed by atoms with Crippen molar-refractivity contribution in [3.8, 4) is 0 Å². The van der Waals surface area contributed by atoms with Crippen LogP contribution in [0.25, 0.3) is 0 Å². The number of nitrogens with one attached hydrogen (secondary N) is 1. The Labute approximate surface area is 136 Å². The molecule has 0 radical (unpaired) electrons. The Morgan fingerprint density at radius 1 is 1.30 bits per heavy atom. The van der Waals surface area contributed by atoms with E-state index in [1.807, 2.05) is 13.8 Å². The number of aliphatic carboxylic acids is 1. The van der Waals surface area contributed by atoms with Gasteiger partial charge in [0.25, 0.3) is 0 Å². The van der Waals surface area contributed by atoms with Crippen LogP contribution in [-0.2, 0) is 9.59 Å². The fraction of sp³-hybridized carbons (Fsp3) is 0.800. The second-order valence-corrected chi connectivity index (χ2v) is 6.17. The summed E-state index contributed by atoms with van der Waals surface area (Å²) in [7, 11) is 0. The summed E-state index contributed by atoms with van der Waals surface area (Å²) in [5.41, 5.74) is 10.9. The number of aliphatic imine (C=N–C) groups is 1. The summed E-state index contributed by atoms with van der Waals surface area (Å²) in [4.78, 5) is 27.1. The highest BCUT2D eigenvalue weighted by atomic mass is 16.4. The van der Waals surface area contributed by atoms with Crippen LogP contribution in [0.4, 0.5) is 0 Å². The van der Waals surface area contributed by atoms with Crippen molar-refractivity contribution >= 4 is 17.8 Å². The molecule has 8 nitrogen and oxygen atoms in total. The summed E-state index contributed by atoms with van der Waals surface area (Å²) in [6, 6.07) is -0.913. The number of aliphatic hydroxyl groups is 1. The molecule has 1 saturated carbocycles. The number of carbonyl (C=O) groups is 2. The van der Waals surface area contributed by atoms with Crippen molar-refractivity contribution in [3.63, 3.8) is 0 Å². The average Bonchev–Trinajstić information content (AvgIpc) is 2.74. The van der Waals surface area contributed by atoms with E-state index in [9.17, 15) is 19.8 Å². The highest BCUT2D eigenvalue weighted by Crippen LogP contribution is 2.39. The maximum Gasteiger partial charge on any atom is 0.309 e. The number of hydrogen-bond donors (Lipinski definition) is 5. The van der Waals surface area contributed by atoms with Gasteiger partial charge in [0.15, 0.2) is 5.96 Å². The van der Waals surface area contributed by atoms with Gasteiger partial charge in [-0.3, -0.25) is 9.59 Å². The lowest BCUT2D eigenvalue weighted by Crippen LogP contribution is -2.51. The first kappa shape index (κ1) is 19.2. The van der Waals surface area contributed by atoms with Gasteiger partial charge in [-0.05, 0) is 12.3 Å². The molecular formula is C15H28N4O4. The molecular weight excluding hydrogens is 300 g/mol. The molecule has 23 heavy (non-hydrogen) atoms. The number of guanidine groups is 1. The zero-order valence-electron chi connectivity index (χ0n) is 13.9. The lowest BCUT2D eigenvalue weighted by molar-refractivity contribution is -0.145. The molecule has 1 rings (SSSR count). The molecule has 0 saturated heterocycles. The van der Waals surface area contributed by atoms with Crippen LogP contribution in [0.15, 0.2) is 4.99 Å². The number of aliphatic hydroxyl groups excluding tert-OH is 1. The summed E-state index contributed by atoms with van der Waals surface area (Å²) in [5.74, 6) is -2.84. The summed E-state index contributed by atoms with van der Waals surface area (Å²) in [6.07, 6.45) is 0.612. The first-order valence-corrected chi connectivity index (χ1v) is 7.99. The first-order chi connectivity index (χ1) is 10.7. The molecule has 1 amide bonds. The minimum atomic E-state index is -1.11. The molecule has 1 fully saturated rings. The maximum atomic E-state index is 11.6. The average molecular weight is 328 g/mol. The molecule has 0 heterocycles. The lowest BCUT2D eigenvalue weighted by atomic mass is 9.80. The van der Waals surface area contributed by atoms with Crippen LogP contribution < -0.4 is 16.8 Å². The third-order valence-corrected chi connectivity index (χ3v) is 4.72. The molecule has 7 N–H and O–H groups in total. The van der Waals surface area contributed by atoms with Crippen molar-refractivity contribution in [3.05, 3.63) is 0 Å². The van der Waals surface area contributed by atoms with Gasteiger partial charge in [0.2, 0.25) is 5.91 Å². The molecule has 0 aliphatic heterocycles. The zero-order chi connectivity index (χ0) is 17.7. The first-order valence-electron chi connectivity index (χ1n) is 7.99. The smallest absolute Gasteiger partial charge is 0.309 e. The monoisotopic (exact) mass is 328 g/mol. The van der Waals surface area contributed by atoms with Gasteiger partial charge in [-0.2, -0.15) is 0 Å². The Balaban J connectivity index is 3.23. The molecule has 1 aliphatic rings. The Hall–Kier alpha value is -1.83. The van der Waals surface area contributed by atoms with Crippen LogP contribution in [0.2, 0.25) is 0 Å². The number of nitrogens with zero attached hydrogens (tertiary/aromatic N) is 1. The van der Waals surface area contributed by atoms with Gasteiger partial charge >= 0.3 is 5.97 Å². The van der Waals surface area contributed by atoms with Crippen molar-refractivity contribution in [2.45, 2.75) is 58.2 Å². The van der Waals surface area contributed by atoms with E-state index in [-0.39, 0.29) is 30.2 Å². The topological polar surface area (TPSA) is 151 Å². The Bertz CT molecular complexity index is 460. The second kappa shape index (κ2) is 8.14. The van der Waals surface area contributed by atoms with Crippen molar-refractivity contribution in [1.29, 1.82) is 0 Å². The fourth-order valence-corrected chi connectivity index (χ4v) is 3.64. The van der Waals surface area contributed by atoms with Crippen LogP contribution in [0, 0.1) is 17.8 Å². The van der Waals surface area contributed by atoms with Crippen LogP contribution in [-0.4, -0.2) is 46.2 Å². The third kappa shape index (κ3) is 4.57. The predicted molar refractivity (Wildman–Crippen MR) is 86.5 cm³/mol. The van der Waals surface area contributed by atoms with Gasteiger partial charge in [0, 0.05) is 18.9 Å². The molecule has 0 bridgehead atoms. The highest BCUT2D eigenvalue weighted by Gasteiger charge is 2.50. The number of carbonyl (C=O) groups excluding carboxylic acids is 1. The van der Waals surface area contributed by atoms with Crippen molar-refractivity contribution < 1.29 is 19.8 Å². The minimum Gasteiger partial charge on any atom is -0.481 e. The van der Waals surface area contributed by atoms with Crippen molar-refractivity contribution in [2.75, 3.05) is 0 Å². The Kier molecular flexibility index (Phi) is 6.80. The molecule has 0 aromatic rings. The number of rotatable bonds is 7. The van der Waals surface area contributed by atoms with Gasteiger partial charge in [-0.25, -0.2) is 4.99 Å². The summed E-state index contributed by atoms with van der Waals surface area (Å²) in [6.45, 7) is 5.39. The number of carboxylic acids is 1. The van der Waals surface area contributed by atoms with E-state index in [0.29, 0.717) is 0 Å². The molecule has 0 aromatic heterocycles. The predicted octanol–water partition coefficient (Wildman–Crippen LogP) is -0.349. The summed E-state index contributed by atoms with van der Waals surface area (Å²) >= 11 is 0. The molecule has 0 spiro atoms. The largest absolute Gasteiger partial charge is 0.481 e. The van der Waals surface area contributed by atoms with Crippen LogP contribution in [0.5, 0.6) is 0 Å². The standard InChI is InChI=1S/C15H28N4O4/c1-4-8(5-2)12(18-7(3)20)11-10(19-15(16)17)6-9(13(11)21)14(22)23/h8-13,21H,4-6H2,1-3H3,(H,18,20)(H,22,23)(H4,16,17,19)/t9-,10?,11?,12?,13?/m1/s1.